The van der Waals surface area contributed by atoms with Crippen molar-refractivity contribution >= 4 is 11.5 Å². The molecule has 6 heteroatoms. The number of ketones is 1. The Morgan fingerprint density at radius 2 is 2.25 bits per heavy atom. The maximum absolute atomic E-state index is 11.5. The topological polar surface area (TPSA) is 78.7 Å². The monoisotopic (exact) mass is 279 g/mol. The van der Waals surface area contributed by atoms with Crippen LogP contribution in [-0.2, 0) is 4.79 Å². The molecule has 1 aromatic rings. The van der Waals surface area contributed by atoms with Gasteiger partial charge in [0.1, 0.15) is 11.5 Å². The summed E-state index contributed by atoms with van der Waals surface area (Å²) in [5.74, 6) is 0.946. The number of carbonyl (C=O) groups is 1. The molecule has 0 spiro atoms. The molecule has 0 radical (unpaired) electrons. The number of ether oxygens (including phenoxy) is 2. The molecule has 0 aliphatic heterocycles. The van der Waals surface area contributed by atoms with Crippen LogP contribution < -0.4 is 9.47 Å². The van der Waals surface area contributed by atoms with E-state index in [9.17, 15) is 14.9 Å². The molecule has 1 saturated carbocycles. The molecular weight excluding hydrogens is 262 g/mol. The molecule has 1 atom stereocenters. The molecule has 0 amide bonds. The molecule has 0 aromatic heterocycles. The molecule has 1 unspecified atom stereocenters. The van der Waals surface area contributed by atoms with Crippen LogP contribution in [0.1, 0.15) is 25.7 Å². The minimum atomic E-state index is -0.501. The largest absolute Gasteiger partial charge is 0.496 e. The van der Waals surface area contributed by atoms with Crippen molar-refractivity contribution in [2.75, 3.05) is 13.7 Å². The van der Waals surface area contributed by atoms with E-state index < -0.39 is 4.92 Å². The van der Waals surface area contributed by atoms with Gasteiger partial charge in [-0.2, -0.15) is 0 Å². The zero-order valence-electron chi connectivity index (χ0n) is 11.3. The number of carbonyl (C=O) groups excluding carboxylic acids is 1. The third-order valence-electron chi connectivity index (χ3n) is 3.52. The van der Waals surface area contributed by atoms with Gasteiger partial charge in [-0.25, -0.2) is 0 Å². The summed E-state index contributed by atoms with van der Waals surface area (Å²) in [5, 5.41) is 11.0. The van der Waals surface area contributed by atoms with Crippen LogP contribution in [0.4, 0.5) is 5.69 Å². The molecule has 0 heterocycles. The van der Waals surface area contributed by atoms with Gasteiger partial charge in [-0.1, -0.05) is 0 Å². The first-order valence-corrected chi connectivity index (χ1v) is 6.59. The lowest BCUT2D eigenvalue weighted by Gasteiger charge is -2.10. The van der Waals surface area contributed by atoms with Gasteiger partial charge in [-0.15, -0.1) is 0 Å². The summed E-state index contributed by atoms with van der Waals surface area (Å²) >= 11 is 0. The number of rotatable bonds is 6. The minimum absolute atomic E-state index is 0.0484. The number of benzene rings is 1. The summed E-state index contributed by atoms with van der Waals surface area (Å²) < 4.78 is 10.4. The fraction of sp³-hybridized carbons (Fsp3) is 0.500. The van der Waals surface area contributed by atoms with Crippen molar-refractivity contribution in [3.63, 3.8) is 0 Å². The summed E-state index contributed by atoms with van der Waals surface area (Å²) in [7, 11) is 1.45. The first-order valence-electron chi connectivity index (χ1n) is 6.59. The van der Waals surface area contributed by atoms with Crippen molar-refractivity contribution in [2.24, 2.45) is 5.92 Å². The predicted octanol–water partition coefficient (Wildman–Crippen LogP) is 2.74. The first kappa shape index (κ1) is 14.3. The summed E-state index contributed by atoms with van der Waals surface area (Å²) in [6.45, 7) is 0.309. The smallest absolute Gasteiger partial charge is 0.314 e. The molecule has 0 N–H and O–H groups in total. The van der Waals surface area contributed by atoms with Crippen LogP contribution in [-0.4, -0.2) is 24.4 Å². The third-order valence-corrected chi connectivity index (χ3v) is 3.52. The molecule has 0 bridgehead atoms. The standard InChI is InChI=1S/C14H17NO5/c1-19-11-5-6-14(12(9-11)15(17)18)20-8-7-10-3-2-4-13(10)16/h5-6,9-10H,2-4,7-8H2,1H3. The molecule has 1 aliphatic carbocycles. The normalized spacial score (nSPS) is 18.1. The number of nitro benzene ring substituents is 1. The molecule has 6 nitrogen and oxygen atoms in total. The van der Waals surface area contributed by atoms with Crippen LogP contribution in [0.3, 0.4) is 0 Å². The van der Waals surface area contributed by atoms with Crippen molar-refractivity contribution in [1.82, 2.24) is 0 Å². The summed E-state index contributed by atoms with van der Waals surface area (Å²) in [5.41, 5.74) is -0.123. The van der Waals surface area contributed by atoms with E-state index in [0.29, 0.717) is 25.2 Å². The average molecular weight is 279 g/mol. The van der Waals surface area contributed by atoms with Gasteiger partial charge in [-0.05, 0) is 31.4 Å². The highest BCUT2D eigenvalue weighted by atomic mass is 16.6. The number of hydrogen-bond acceptors (Lipinski definition) is 5. The van der Waals surface area contributed by atoms with E-state index in [0.717, 1.165) is 12.8 Å². The van der Waals surface area contributed by atoms with Gasteiger partial charge in [0.25, 0.3) is 0 Å². The van der Waals surface area contributed by atoms with Crippen LogP contribution in [0.2, 0.25) is 0 Å². The van der Waals surface area contributed by atoms with Crippen LogP contribution in [0.5, 0.6) is 11.5 Å². The molecule has 0 saturated heterocycles. The van der Waals surface area contributed by atoms with E-state index >= 15 is 0 Å². The van der Waals surface area contributed by atoms with E-state index in [1.54, 1.807) is 6.07 Å². The summed E-state index contributed by atoms with van der Waals surface area (Å²) in [6, 6.07) is 4.46. The van der Waals surface area contributed by atoms with Crippen LogP contribution >= 0.6 is 0 Å². The van der Waals surface area contributed by atoms with Crippen molar-refractivity contribution in [1.29, 1.82) is 0 Å². The minimum Gasteiger partial charge on any atom is -0.496 e. The fourth-order valence-corrected chi connectivity index (χ4v) is 2.39. The Bertz CT molecular complexity index is 514. The lowest BCUT2D eigenvalue weighted by Crippen LogP contribution is -2.11. The summed E-state index contributed by atoms with van der Waals surface area (Å²) in [6.07, 6.45) is 3.09. The van der Waals surface area contributed by atoms with Gasteiger partial charge in [0.05, 0.1) is 24.7 Å². The highest BCUT2D eigenvalue weighted by Crippen LogP contribution is 2.32. The quantitative estimate of drug-likeness (QED) is 0.591. The number of hydrogen-bond donors (Lipinski definition) is 0. The van der Waals surface area contributed by atoms with Gasteiger partial charge in [0.2, 0.25) is 0 Å². The van der Waals surface area contributed by atoms with Crippen molar-refractivity contribution in [2.45, 2.75) is 25.7 Å². The van der Waals surface area contributed by atoms with E-state index in [2.05, 4.69) is 0 Å². The molecular formula is C14H17NO5. The van der Waals surface area contributed by atoms with Crippen LogP contribution in [0, 0.1) is 16.0 Å². The Morgan fingerprint density at radius 1 is 1.45 bits per heavy atom. The first-order chi connectivity index (χ1) is 9.61. The summed E-state index contributed by atoms with van der Waals surface area (Å²) in [4.78, 5) is 22.0. The van der Waals surface area contributed by atoms with Crippen molar-refractivity contribution < 1.29 is 19.2 Å². The number of nitrogens with zero attached hydrogens (tertiary/aromatic N) is 1. The fourth-order valence-electron chi connectivity index (χ4n) is 2.39. The second-order valence-electron chi connectivity index (χ2n) is 4.78. The lowest BCUT2D eigenvalue weighted by molar-refractivity contribution is -0.385. The highest BCUT2D eigenvalue weighted by Gasteiger charge is 2.24. The Labute approximate surface area is 116 Å². The molecule has 108 valence electrons. The molecule has 1 aromatic carbocycles. The average Bonchev–Trinajstić information content (AvgIpc) is 2.84. The predicted molar refractivity (Wildman–Crippen MR) is 72.1 cm³/mol. The molecule has 2 rings (SSSR count). The highest BCUT2D eigenvalue weighted by molar-refractivity contribution is 5.82. The molecule has 1 aliphatic rings. The second kappa shape index (κ2) is 6.36. The van der Waals surface area contributed by atoms with Crippen LogP contribution in [0.25, 0.3) is 0 Å². The Balaban J connectivity index is 1.98. The Hall–Kier alpha value is -2.11. The molecule has 20 heavy (non-hydrogen) atoms. The van der Waals surface area contributed by atoms with E-state index in [1.165, 1.54) is 19.2 Å². The van der Waals surface area contributed by atoms with Gasteiger partial charge in [-0.3, -0.25) is 14.9 Å². The van der Waals surface area contributed by atoms with Gasteiger partial charge >= 0.3 is 5.69 Å². The van der Waals surface area contributed by atoms with E-state index in [4.69, 9.17) is 9.47 Å². The third kappa shape index (κ3) is 3.26. The number of nitro groups is 1. The maximum atomic E-state index is 11.5. The zero-order chi connectivity index (χ0) is 14.5. The SMILES string of the molecule is COc1ccc(OCCC2CCCC2=O)c([N+](=O)[O-])c1. The zero-order valence-corrected chi connectivity index (χ0v) is 11.3. The maximum Gasteiger partial charge on any atom is 0.314 e. The van der Waals surface area contributed by atoms with Gasteiger partial charge in [0, 0.05) is 12.3 Å². The lowest BCUT2D eigenvalue weighted by atomic mass is 10.0. The van der Waals surface area contributed by atoms with Gasteiger partial charge < -0.3 is 9.47 Å². The Morgan fingerprint density at radius 3 is 2.85 bits per heavy atom. The number of methoxy groups -OCH3 is 1. The van der Waals surface area contributed by atoms with Crippen molar-refractivity contribution in [3.8, 4) is 11.5 Å². The number of Topliss-reactive ketones (excluding diaryl/α,β-unsaturated/α-hetero) is 1. The second-order valence-corrected chi connectivity index (χ2v) is 4.78. The van der Waals surface area contributed by atoms with E-state index in [1.807, 2.05) is 0 Å². The van der Waals surface area contributed by atoms with Crippen molar-refractivity contribution in [3.05, 3.63) is 28.3 Å². The van der Waals surface area contributed by atoms with Gasteiger partial charge in [0.15, 0.2) is 5.75 Å². The Kier molecular flexibility index (Phi) is 4.55. The van der Waals surface area contributed by atoms with E-state index in [-0.39, 0.29) is 23.1 Å². The van der Waals surface area contributed by atoms with Crippen LogP contribution in [0.15, 0.2) is 18.2 Å². The molecule has 1 fully saturated rings.